The van der Waals surface area contributed by atoms with Crippen molar-refractivity contribution in [3.63, 3.8) is 0 Å². The summed E-state index contributed by atoms with van der Waals surface area (Å²) in [6, 6.07) is 16.3. The van der Waals surface area contributed by atoms with Crippen LogP contribution in [0.1, 0.15) is 30.0 Å². The number of fused-ring (bicyclic) bond motifs is 2. The summed E-state index contributed by atoms with van der Waals surface area (Å²) in [6.45, 7) is 0.353. The van der Waals surface area contributed by atoms with Crippen molar-refractivity contribution in [2.45, 2.75) is 25.3 Å². The average molecular weight is 405 g/mol. The van der Waals surface area contributed by atoms with Gasteiger partial charge in [0, 0.05) is 16.6 Å². The van der Waals surface area contributed by atoms with Crippen LogP contribution in [-0.2, 0) is 11.2 Å². The Morgan fingerprint density at radius 3 is 2.87 bits per heavy atom. The second-order valence-corrected chi connectivity index (χ2v) is 8.01. The van der Waals surface area contributed by atoms with Crippen molar-refractivity contribution in [2.24, 2.45) is 0 Å². The molecule has 2 N–H and O–H groups in total. The number of amides is 1. The topological polar surface area (TPSA) is 66.5 Å². The van der Waals surface area contributed by atoms with Gasteiger partial charge in [0.2, 0.25) is 5.91 Å². The van der Waals surface area contributed by atoms with Gasteiger partial charge in [-0.3, -0.25) is 4.79 Å². The molecule has 2 aromatic carbocycles. The molecule has 1 amide bonds. The lowest BCUT2D eigenvalue weighted by atomic mass is 9.87. The highest BCUT2D eigenvalue weighted by atomic mass is 16.5. The predicted molar refractivity (Wildman–Crippen MR) is 121 cm³/mol. The van der Waals surface area contributed by atoms with Gasteiger partial charge in [-0.15, -0.1) is 0 Å². The summed E-state index contributed by atoms with van der Waals surface area (Å²) < 4.78 is 5.62. The molecule has 0 spiro atoms. The van der Waals surface area contributed by atoms with Crippen molar-refractivity contribution < 1.29 is 9.53 Å². The molecule has 1 unspecified atom stereocenters. The van der Waals surface area contributed by atoms with Crippen LogP contribution in [0.5, 0.6) is 5.75 Å². The first-order valence-electron chi connectivity index (χ1n) is 10.3. The Morgan fingerprint density at radius 1 is 1.20 bits per heavy atom. The molecule has 156 valence electrons. The van der Waals surface area contributed by atoms with Gasteiger partial charge in [-0.1, -0.05) is 12.1 Å². The van der Waals surface area contributed by atoms with Crippen LogP contribution in [0.25, 0.3) is 10.9 Å². The molecule has 0 fully saturated rings. The summed E-state index contributed by atoms with van der Waals surface area (Å²) in [5, 5.41) is 7.53. The maximum atomic E-state index is 12.0. The van der Waals surface area contributed by atoms with Crippen molar-refractivity contribution in [1.82, 2.24) is 9.88 Å². The Morgan fingerprint density at radius 2 is 2.07 bits per heavy atom. The van der Waals surface area contributed by atoms with Gasteiger partial charge in [-0.05, 0) is 75.3 Å². The summed E-state index contributed by atoms with van der Waals surface area (Å²) in [4.78, 5) is 18.6. The van der Waals surface area contributed by atoms with E-state index < -0.39 is 0 Å². The number of nitrogens with one attached hydrogen (secondary N) is 2. The average Bonchev–Trinajstić information content (AvgIpc) is 2.73. The standard InChI is InChI=1S/C24H28N4O2/c1-28(2)15-23(29)25-18-11-12-19-17(14-18)10-13-22(26-19)27-20-8-4-6-16-7-5-9-21(30-3)24(16)20/h5,7,9-14,20H,4,6,8,15H2,1-3H3,(H,25,29)(H,26,27). The minimum Gasteiger partial charge on any atom is -0.496 e. The van der Waals surface area contributed by atoms with E-state index in [0.29, 0.717) is 6.54 Å². The maximum Gasteiger partial charge on any atom is 0.238 e. The van der Waals surface area contributed by atoms with Crippen LogP contribution in [0.15, 0.2) is 48.5 Å². The molecule has 30 heavy (non-hydrogen) atoms. The highest BCUT2D eigenvalue weighted by Crippen LogP contribution is 2.38. The van der Waals surface area contributed by atoms with E-state index in [9.17, 15) is 4.79 Å². The fourth-order valence-corrected chi connectivity index (χ4v) is 4.12. The lowest BCUT2D eigenvalue weighted by Gasteiger charge is -2.28. The zero-order valence-corrected chi connectivity index (χ0v) is 17.7. The number of hydrogen-bond donors (Lipinski definition) is 2. The smallest absolute Gasteiger partial charge is 0.238 e. The normalized spacial score (nSPS) is 15.7. The number of anilines is 2. The summed E-state index contributed by atoms with van der Waals surface area (Å²) in [5.74, 6) is 1.75. The van der Waals surface area contributed by atoms with Crippen LogP contribution in [0, 0.1) is 0 Å². The van der Waals surface area contributed by atoms with Gasteiger partial charge in [0.25, 0.3) is 0 Å². The number of carbonyl (C=O) groups is 1. The second-order valence-electron chi connectivity index (χ2n) is 8.01. The van der Waals surface area contributed by atoms with E-state index in [1.54, 1.807) is 7.11 Å². The fraction of sp³-hybridized carbons (Fsp3) is 0.333. The fourth-order valence-electron chi connectivity index (χ4n) is 4.12. The van der Waals surface area contributed by atoms with Crippen LogP contribution in [-0.4, -0.2) is 43.5 Å². The minimum atomic E-state index is -0.0319. The predicted octanol–water partition coefficient (Wildman–Crippen LogP) is 4.23. The number of likely N-dealkylation sites (N-methyl/N-ethyl adjacent to an activating group) is 1. The Labute approximate surface area is 177 Å². The Kier molecular flexibility index (Phi) is 5.86. The SMILES string of the molecule is COc1cccc2c1C(Nc1ccc3cc(NC(=O)CN(C)C)ccc3n1)CCC2. The molecule has 1 aromatic heterocycles. The maximum absolute atomic E-state index is 12.0. The number of aryl methyl sites for hydroxylation is 1. The Balaban J connectivity index is 1.54. The molecule has 0 aliphatic heterocycles. The molecule has 1 aliphatic carbocycles. The van der Waals surface area contributed by atoms with E-state index in [-0.39, 0.29) is 11.9 Å². The minimum absolute atomic E-state index is 0.0319. The van der Waals surface area contributed by atoms with E-state index in [1.165, 1.54) is 11.1 Å². The summed E-state index contributed by atoms with van der Waals surface area (Å²) in [6.07, 6.45) is 3.27. The lowest BCUT2D eigenvalue weighted by molar-refractivity contribution is -0.116. The Bertz CT molecular complexity index is 1050. The van der Waals surface area contributed by atoms with E-state index in [4.69, 9.17) is 9.72 Å². The number of methoxy groups -OCH3 is 1. The first-order valence-corrected chi connectivity index (χ1v) is 10.3. The van der Waals surface area contributed by atoms with Gasteiger partial charge >= 0.3 is 0 Å². The lowest BCUT2D eigenvalue weighted by Crippen LogP contribution is -2.27. The molecule has 6 heteroatoms. The van der Waals surface area contributed by atoms with Crippen LogP contribution < -0.4 is 15.4 Å². The second kappa shape index (κ2) is 8.71. The third-order valence-electron chi connectivity index (χ3n) is 5.42. The molecule has 0 saturated heterocycles. The third kappa shape index (κ3) is 4.39. The molecule has 0 radical (unpaired) electrons. The molecule has 0 saturated carbocycles. The van der Waals surface area contributed by atoms with E-state index in [2.05, 4.69) is 22.8 Å². The number of aromatic nitrogens is 1. The summed E-state index contributed by atoms with van der Waals surface area (Å²) in [5.41, 5.74) is 4.26. The first-order chi connectivity index (χ1) is 14.5. The molecule has 1 aliphatic rings. The van der Waals surface area contributed by atoms with Crippen LogP contribution >= 0.6 is 0 Å². The quantitative estimate of drug-likeness (QED) is 0.644. The van der Waals surface area contributed by atoms with Gasteiger partial charge in [-0.2, -0.15) is 0 Å². The van der Waals surface area contributed by atoms with Crippen molar-refractivity contribution in [3.8, 4) is 5.75 Å². The van der Waals surface area contributed by atoms with Crippen molar-refractivity contribution in [1.29, 1.82) is 0 Å². The molecule has 4 rings (SSSR count). The number of nitrogens with zero attached hydrogens (tertiary/aromatic N) is 2. The molecule has 1 atom stereocenters. The van der Waals surface area contributed by atoms with E-state index >= 15 is 0 Å². The molecular weight excluding hydrogens is 376 g/mol. The number of benzene rings is 2. The number of carbonyl (C=O) groups excluding carboxylic acids is 1. The van der Waals surface area contributed by atoms with Crippen LogP contribution in [0.4, 0.5) is 11.5 Å². The highest BCUT2D eigenvalue weighted by molar-refractivity contribution is 5.95. The number of hydrogen-bond acceptors (Lipinski definition) is 5. The molecule has 0 bridgehead atoms. The molecular formula is C24H28N4O2. The highest BCUT2D eigenvalue weighted by Gasteiger charge is 2.24. The molecule has 3 aromatic rings. The Hall–Kier alpha value is -3.12. The van der Waals surface area contributed by atoms with Crippen molar-refractivity contribution in [2.75, 3.05) is 38.4 Å². The molecule has 6 nitrogen and oxygen atoms in total. The monoisotopic (exact) mass is 404 g/mol. The van der Waals surface area contributed by atoms with Gasteiger partial charge in [0.15, 0.2) is 0 Å². The van der Waals surface area contributed by atoms with Gasteiger partial charge in [0.05, 0.1) is 25.2 Å². The number of pyridine rings is 1. The van der Waals surface area contributed by atoms with Crippen molar-refractivity contribution in [3.05, 3.63) is 59.7 Å². The van der Waals surface area contributed by atoms with Crippen LogP contribution in [0.2, 0.25) is 0 Å². The van der Waals surface area contributed by atoms with E-state index in [0.717, 1.165) is 47.4 Å². The summed E-state index contributed by atoms with van der Waals surface area (Å²) >= 11 is 0. The third-order valence-corrected chi connectivity index (χ3v) is 5.42. The molecule has 1 heterocycles. The first kappa shape index (κ1) is 20.2. The van der Waals surface area contributed by atoms with Gasteiger partial charge in [0.1, 0.15) is 11.6 Å². The van der Waals surface area contributed by atoms with Gasteiger partial charge < -0.3 is 20.3 Å². The number of rotatable bonds is 6. The van der Waals surface area contributed by atoms with E-state index in [1.807, 2.05) is 55.4 Å². The summed E-state index contributed by atoms with van der Waals surface area (Å²) in [7, 11) is 5.47. The van der Waals surface area contributed by atoms with Crippen molar-refractivity contribution >= 4 is 28.3 Å². The largest absolute Gasteiger partial charge is 0.496 e. The zero-order valence-electron chi connectivity index (χ0n) is 17.7. The van der Waals surface area contributed by atoms with Gasteiger partial charge in [-0.25, -0.2) is 4.98 Å². The zero-order chi connectivity index (χ0) is 21.1. The van der Waals surface area contributed by atoms with Crippen LogP contribution in [0.3, 0.4) is 0 Å². The number of ether oxygens (including phenoxy) is 1.